The summed E-state index contributed by atoms with van der Waals surface area (Å²) in [5.41, 5.74) is 0.608. The van der Waals surface area contributed by atoms with E-state index in [1.165, 1.54) is 23.9 Å². The van der Waals surface area contributed by atoms with Gasteiger partial charge in [0.05, 0.1) is 0 Å². The van der Waals surface area contributed by atoms with Crippen molar-refractivity contribution in [2.24, 2.45) is 0 Å². The second-order valence-corrected chi connectivity index (χ2v) is 5.11. The number of carbonyl (C=O) groups excluding carboxylic acids is 1. The van der Waals surface area contributed by atoms with E-state index in [2.05, 4.69) is 10.6 Å². The molecule has 20 heavy (non-hydrogen) atoms. The average Bonchev–Trinajstić information content (AvgIpc) is 2.41. The molecule has 2 amide bonds. The van der Waals surface area contributed by atoms with Gasteiger partial charge >= 0.3 is 12.0 Å². The summed E-state index contributed by atoms with van der Waals surface area (Å²) in [4.78, 5) is 22.6. The van der Waals surface area contributed by atoms with Crippen molar-refractivity contribution in [2.45, 2.75) is 19.0 Å². The highest BCUT2D eigenvalue weighted by molar-refractivity contribution is 7.98. The van der Waals surface area contributed by atoms with Gasteiger partial charge in [0.1, 0.15) is 11.9 Å². The van der Waals surface area contributed by atoms with E-state index in [1.807, 2.05) is 6.26 Å². The van der Waals surface area contributed by atoms with Crippen LogP contribution in [0.4, 0.5) is 9.18 Å². The van der Waals surface area contributed by atoms with E-state index >= 15 is 0 Å². The lowest BCUT2D eigenvalue weighted by atomic mass is 10.2. The molecular weight excluding hydrogens is 283 g/mol. The van der Waals surface area contributed by atoms with E-state index in [1.54, 1.807) is 12.1 Å². The molecule has 0 fully saturated rings. The van der Waals surface area contributed by atoms with Gasteiger partial charge in [-0.1, -0.05) is 12.1 Å². The number of amides is 2. The smallest absolute Gasteiger partial charge is 0.326 e. The van der Waals surface area contributed by atoms with Crippen molar-refractivity contribution in [2.75, 3.05) is 12.0 Å². The Labute approximate surface area is 120 Å². The summed E-state index contributed by atoms with van der Waals surface area (Å²) in [5, 5.41) is 13.8. The molecule has 0 heterocycles. The first-order valence-corrected chi connectivity index (χ1v) is 7.43. The topological polar surface area (TPSA) is 78.4 Å². The Morgan fingerprint density at radius 1 is 1.45 bits per heavy atom. The number of nitrogens with one attached hydrogen (secondary N) is 2. The molecule has 110 valence electrons. The lowest BCUT2D eigenvalue weighted by Crippen LogP contribution is -2.46. The van der Waals surface area contributed by atoms with Crippen LogP contribution in [0.2, 0.25) is 0 Å². The first-order valence-electron chi connectivity index (χ1n) is 6.03. The first-order chi connectivity index (χ1) is 9.52. The van der Waals surface area contributed by atoms with Crippen LogP contribution in [-0.2, 0) is 11.3 Å². The van der Waals surface area contributed by atoms with Crippen molar-refractivity contribution in [3.05, 3.63) is 35.6 Å². The number of halogens is 1. The molecule has 7 heteroatoms. The van der Waals surface area contributed by atoms with Crippen LogP contribution >= 0.6 is 11.8 Å². The molecule has 1 unspecified atom stereocenters. The highest BCUT2D eigenvalue weighted by Gasteiger charge is 2.18. The van der Waals surface area contributed by atoms with E-state index < -0.39 is 18.0 Å². The number of carbonyl (C=O) groups is 2. The van der Waals surface area contributed by atoms with Crippen LogP contribution < -0.4 is 10.6 Å². The second-order valence-electron chi connectivity index (χ2n) is 4.13. The molecule has 0 spiro atoms. The Balaban J connectivity index is 2.43. The van der Waals surface area contributed by atoms with Crippen molar-refractivity contribution in [3.8, 4) is 0 Å². The normalized spacial score (nSPS) is 11.7. The number of benzene rings is 1. The maximum atomic E-state index is 12.9. The van der Waals surface area contributed by atoms with Gasteiger partial charge < -0.3 is 15.7 Å². The molecule has 0 saturated heterocycles. The summed E-state index contributed by atoms with van der Waals surface area (Å²) in [6.07, 6.45) is 2.22. The Kier molecular flexibility index (Phi) is 6.86. The summed E-state index contributed by atoms with van der Waals surface area (Å²) >= 11 is 1.51. The number of carboxylic acid groups (broad SMARTS) is 1. The van der Waals surface area contributed by atoms with Crippen molar-refractivity contribution < 1.29 is 19.1 Å². The van der Waals surface area contributed by atoms with Crippen molar-refractivity contribution >= 4 is 23.8 Å². The molecule has 3 N–H and O–H groups in total. The van der Waals surface area contributed by atoms with Crippen LogP contribution in [0.5, 0.6) is 0 Å². The zero-order chi connectivity index (χ0) is 15.0. The third-order valence-corrected chi connectivity index (χ3v) is 3.20. The largest absolute Gasteiger partial charge is 0.480 e. The molecule has 0 bridgehead atoms. The minimum Gasteiger partial charge on any atom is -0.480 e. The van der Waals surface area contributed by atoms with Gasteiger partial charge in [-0.15, -0.1) is 0 Å². The minimum absolute atomic E-state index is 0.137. The number of thioether (sulfide) groups is 1. The van der Waals surface area contributed by atoms with Gasteiger partial charge in [-0.25, -0.2) is 14.0 Å². The molecule has 0 aliphatic carbocycles. The summed E-state index contributed by atoms with van der Waals surface area (Å²) < 4.78 is 12.9. The molecule has 0 aliphatic rings. The number of aliphatic carboxylic acids is 1. The fourth-order valence-corrected chi connectivity index (χ4v) is 2.00. The number of carboxylic acids is 1. The van der Waals surface area contributed by atoms with Crippen LogP contribution in [-0.4, -0.2) is 35.2 Å². The third kappa shape index (κ3) is 5.92. The summed E-state index contributed by atoms with van der Waals surface area (Å²) in [6, 6.07) is 4.33. The van der Waals surface area contributed by atoms with Gasteiger partial charge in [0.2, 0.25) is 0 Å². The summed E-state index contributed by atoms with van der Waals surface area (Å²) in [6.45, 7) is 0.137. The standard InChI is InChI=1S/C13H17FN2O3S/c1-20-6-5-11(12(17)18)16-13(19)15-8-9-3-2-4-10(14)7-9/h2-4,7,11H,5-6,8H2,1H3,(H,17,18)(H2,15,16,19). The zero-order valence-corrected chi connectivity index (χ0v) is 11.9. The predicted octanol–water partition coefficient (Wildman–Crippen LogP) is 1.83. The SMILES string of the molecule is CSCCC(NC(=O)NCc1cccc(F)c1)C(=O)O. The Bertz CT molecular complexity index is 471. The van der Waals surface area contributed by atoms with Crippen molar-refractivity contribution in [1.29, 1.82) is 0 Å². The van der Waals surface area contributed by atoms with E-state index in [0.29, 0.717) is 17.7 Å². The molecule has 0 radical (unpaired) electrons. The van der Waals surface area contributed by atoms with Gasteiger partial charge in [0.25, 0.3) is 0 Å². The number of hydrogen-bond donors (Lipinski definition) is 3. The molecule has 0 saturated carbocycles. The lowest BCUT2D eigenvalue weighted by Gasteiger charge is -2.14. The summed E-state index contributed by atoms with van der Waals surface area (Å²) in [7, 11) is 0. The molecule has 1 aromatic rings. The Hall–Kier alpha value is -1.76. The number of hydrogen-bond acceptors (Lipinski definition) is 3. The maximum Gasteiger partial charge on any atom is 0.326 e. The number of rotatable bonds is 7. The minimum atomic E-state index is -1.07. The highest BCUT2D eigenvalue weighted by atomic mass is 32.2. The highest BCUT2D eigenvalue weighted by Crippen LogP contribution is 2.03. The fraction of sp³-hybridized carbons (Fsp3) is 0.385. The first kappa shape index (κ1) is 16.3. The lowest BCUT2D eigenvalue weighted by molar-refractivity contribution is -0.139. The van der Waals surface area contributed by atoms with Crippen LogP contribution in [0.25, 0.3) is 0 Å². The number of urea groups is 1. The van der Waals surface area contributed by atoms with Gasteiger partial charge in [-0.2, -0.15) is 11.8 Å². The molecule has 0 aliphatic heterocycles. The van der Waals surface area contributed by atoms with Crippen LogP contribution in [0.15, 0.2) is 24.3 Å². The maximum absolute atomic E-state index is 12.9. The van der Waals surface area contributed by atoms with Gasteiger partial charge in [-0.3, -0.25) is 0 Å². The molecule has 1 atom stereocenters. The molecule has 5 nitrogen and oxygen atoms in total. The predicted molar refractivity (Wildman–Crippen MR) is 76.2 cm³/mol. The Morgan fingerprint density at radius 3 is 2.80 bits per heavy atom. The van der Waals surface area contributed by atoms with Crippen molar-refractivity contribution in [1.82, 2.24) is 10.6 Å². The average molecular weight is 300 g/mol. The van der Waals surface area contributed by atoms with E-state index in [-0.39, 0.29) is 12.4 Å². The molecular formula is C13H17FN2O3S. The fourth-order valence-electron chi connectivity index (χ4n) is 1.53. The molecule has 0 aromatic heterocycles. The van der Waals surface area contributed by atoms with Crippen LogP contribution in [0, 0.1) is 5.82 Å². The van der Waals surface area contributed by atoms with E-state index in [0.717, 1.165) is 0 Å². The monoisotopic (exact) mass is 300 g/mol. The van der Waals surface area contributed by atoms with E-state index in [9.17, 15) is 14.0 Å². The van der Waals surface area contributed by atoms with E-state index in [4.69, 9.17) is 5.11 Å². The summed E-state index contributed by atoms with van der Waals surface area (Å²) in [5.74, 6) is -0.811. The van der Waals surface area contributed by atoms with Crippen LogP contribution in [0.3, 0.4) is 0 Å². The van der Waals surface area contributed by atoms with Crippen LogP contribution in [0.1, 0.15) is 12.0 Å². The molecule has 1 rings (SSSR count). The van der Waals surface area contributed by atoms with Crippen molar-refractivity contribution in [3.63, 3.8) is 0 Å². The van der Waals surface area contributed by atoms with Gasteiger partial charge in [-0.05, 0) is 36.1 Å². The zero-order valence-electron chi connectivity index (χ0n) is 11.1. The van der Waals surface area contributed by atoms with Gasteiger partial charge in [0.15, 0.2) is 0 Å². The van der Waals surface area contributed by atoms with Gasteiger partial charge in [0, 0.05) is 6.54 Å². The third-order valence-electron chi connectivity index (χ3n) is 2.56. The quantitative estimate of drug-likeness (QED) is 0.718. The molecule has 1 aromatic carbocycles. The Morgan fingerprint density at radius 2 is 2.20 bits per heavy atom. The second kappa shape index (κ2) is 8.42.